The number of hydrogen-bond acceptors (Lipinski definition) is 2. The third kappa shape index (κ3) is 2.63. The molecule has 0 amide bonds. The van der Waals surface area contributed by atoms with Crippen molar-refractivity contribution in [2.45, 2.75) is 25.2 Å². The first-order valence-electron chi connectivity index (χ1n) is 6.27. The molecule has 1 aliphatic carbocycles. The number of nitrogens with two attached hydrogens (primary N) is 1. The van der Waals surface area contributed by atoms with Crippen LogP contribution in [0.5, 0.6) is 0 Å². The average Bonchev–Trinajstić information content (AvgIpc) is 2.30. The molecule has 88 valence electrons. The lowest BCUT2D eigenvalue weighted by Gasteiger charge is -2.29. The van der Waals surface area contributed by atoms with Crippen molar-refractivity contribution >= 4 is 0 Å². The number of nitrogens with zero attached hydrogens (tertiary/aromatic N) is 1. The largest absolute Gasteiger partial charge is 0.329 e. The van der Waals surface area contributed by atoms with Gasteiger partial charge in [-0.1, -0.05) is 24.3 Å². The Morgan fingerprint density at radius 2 is 2.19 bits per heavy atom. The van der Waals surface area contributed by atoms with E-state index >= 15 is 0 Å². The zero-order valence-corrected chi connectivity index (χ0v) is 10.2. The molecule has 0 aromatic heterocycles. The van der Waals surface area contributed by atoms with Crippen molar-refractivity contribution in [3.63, 3.8) is 0 Å². The molecule has 1 atom stereocenters. The number of fused-ring (bicyclic) bond motifs is 1. The van der Waals surface area contributed by atoms with E-state index < -0.39 is 0 Å². The number of aryl methyl sites for hydroxylation is 1. The predicted octanol–water partition coefficient (Wildman–Crippen LogP) is 2.00. The predicted molar refractivity (Wildman–Crippen MR) is 68.7 cm³/mol. The van der Waals surface area contributed by atoms with Crippen LogP contribution in [-0.2, 0) is 6.42 Å². The Hall–Kier alpha value is -0.860. The van der Waals surface area contributed by atoms with Gasteiger partial charge in [-0.25, -0.2) is 0 Å². The number of likely N-dealkylation sites (N-methyl/N-ethyl adjacent to an activating group) is 1. The summed E-state index contributed by atoms with van der Waals surface area (Å²) in [7, 11) is 2.17. The van der Waals surface area contributed by atoms with Crippen LogP contribution in [0.4, 0.5) is 0 Å². The van der Waals surface area contributed by atoms with Crippen LogP contribution in [-0.4, -0.2) is 31.6 Å². The fourth-order valence-corrected chi connectivity index (χ4v) is 2.73. The molecule has 2 nitrogen and oxygen atoms in total. The smallest absolute Gasteiger partial charge is 0.0102 e. The van der Waals surface area contributed by atoms with Crippen LogP contribution in [0.1, 0.15) is 29.9 Å². The van der Waals surface area contributed by atoms with Gasteiger partial charge in [0.15, 0.2) is 0 Å². The maximum absolute atomic E-state index is 5.59. The van der Waals surface area contributed by atoms with Gasteiger partial charge in [-0.15, -0.1) is 0 Å². The molecule has 0 bridgehead atoms. The van der Waals surface area contributed by atoms with Gasteiger partial charge >= 0.3 is 0 Å². The van der Waals surface area contributed by atoms with E-state index in [0.29, 0.717) is 5.92 Å². The highest BCUT2D eigenvalue weighted by Crippen LogP contribution is 2.31. The zero-order valence-electron chi connectivity index (χ0n) is 10.2. The molecule has 0 spiro atoms. The van der Waals surface area contributed by atoms with Crippen LogP contribution in [0.15, 0.2) is 24.3 Å². The molecule has 1 unspecified atom stereocenters. The molecule has 0 saturated carbocycles. The quantitative estimate of drug-likeness (QED) is 0.837. The third-order valence-corrected chi connectivity index (χ3v) is 3.54. The summed E-state index contributed by atoms with van der Waals surface area (Å²) in [6.07, 6.45) is 3.91. The summed E-state index contributed by atoms with van der Waals surface area (Å²) >= 11 is 0. The fraction of sp³-hybridized carbons (Fsp3) is 0.571. The fourth-order valence-electron chi connectivity index (χ4n) is 2.73. The second kappa shape index (κ2) is 5.46. The standard InChI is InChI=1S/C14H22N2/c1-16(10-9-15)11-13-7-4-6-12-5-2-3-8-14(12)13/h2-3,5,8,13H,4,6-7,9-11,15H2,1H3. The van der Waals surface area contributed by atoms with E-state index in [1.807, 2.05) is 0 Å². The molecule has 0 aliphatic heterocycles. The van der Waals surface area contributed by atoms with Crippen molar-refractivity contribution in [1.82, 2.24) is 4.90 Å². The highest BCUT2D eigenvalue weighted by molar-refractivity contribution is 5.32. The van der Waals surface area contributed by atoms with Crippen molar-refractivity contribution in [3.8, 4) is 0 Å². The highest BCUT2D eigenvalue weighted by atomic mass is 15.1. The summed E-state index contributed by atoms with van der Waals surface area (Å²) in [5.41, 5.74) is 8.71. The SMILES string of the molecule is CN(CCN)CC1CCCc2ccccc21. The van der Waals surface area contributed by atoms with Gasteiger partial charge in [-0.3, -0.25) is 0 Å². The van der Waals surface area contributed by atoms with E-state index in [2.05, 4.69) is 36.2 Å². The van der Waals surface area contributed by atoms with Gasteiger partial charge in [-0.05, 0) is 43.4 Å². The molecule has 2 rings (SSSR count). The van der Waals surface area contributed by atoms with Crippen LogP contribution < -0.4 is 5.73 Å². The molecule has 0 saturated heterocycles. The summed E-state index contributed by atoms with van der Waals surface area (Å²) in [6.45, 7) is 2.90. The van der Waals surface area contributed by atoms with Crippen LogP contribution in [0, 0.1) is 0 Å². The van der Waals surface area contributed by atoms with Crippen molar-refractivity contribution in [3.05, 3.63) is 35.4 Å². The van der Waals surface area contributed by atoms with Crippen molar-refractivity contribution in [2.24, 2.45) is 5.73 Å². The Bertz CT molecular complexity index is 335. The molecule has 0 fully saturated rings. The monoisotopic (exact) mass is 218 g/mol. The minimum Gasteiger partial charge on any atom is -0.329 e. The van der Waals surface area contributed by atoms with Crippen LogP contribution in [0.3, 0.4) is 0 Å². The maximum atomic E-state index is 5.59. The summed E-state index contributed by atoms with van der Waals surface area (Å²) in [6, 6.07) is 8.91. The molecule has 1 aliphatic rings. The first-order chi connectivity index (χ1) is 7.81. The van der Waals surface area contributed by atoms with Crippen molar-refractivity contribution in [2.75, 3.05) is 26.7 Å². The van der Waals surface area contributed by atoms with E-state index in [4.69, 9.17) is 5.73 Å². The summed E-state index contributed by atoms with van der Waals surface area (Å²) in [4.78, 5) is 2.35. The third-order valence-electron chi connectivity index (χ3n) is 3.54. The number of benzene rings is 1. The van der Waals surface area contributed by atoms with Crippen molar-refractivity contribution in [1.29, 1.82) is 0 Å². The second-order valence-electron chi connectivity index (χ2n) is 4.84. The lowest BCUT2D eigenvalue weighted by molar-refractivity contribution is 0.305. The Kier molecular flexibility index (Phi) is 3.97. The Labute approximate surface area is 98.4 Å². The zero-order chi connectivity index (χ0) is 11.4. The van der Waals surface area contributed by atoms with Gasteiger partial charge in [0.25, 0.3) is 0 Å². The van der Waals surface area contributed by atoms with Crippen LogP contribution >= 0.6 is 0 Å². The Morgan fingerprint density at radius 1 is 1.38 bits per heavy atom. The lowest BCUT2D eigenvalue weighted by atomic mass is 9.82. The Balaban J connectivity index is 2.07. The van der Waals surface area contributed by atoms with Gasteiger partial charge < -0.3 is 10.6 Å². The number of rotatable bonds is 4. The first kappa shape index (κ1) is 11.6. The minimum atomic E-state index is 0.710. The summed E-state index contributed by atoms with van der Waals surface area (Å²) in [5, 5.41) is 0. The van der Waals surface area contributed by atoms with Crippen molar-refractivity contribution < 1.29 is 0 Å². The van der Waals surface area contributed by atoms with E-state index in [1.165, 1.54) is 19.3 Å². The molecule has 0 radical (unpaired) electrons. The molecule has 16 heavy (non-hydrogen) atoms. The molecule has 2 N–H and O–H groups in total. The minimum absolute atomic E-state index is 0.710. The molecule has 1 aromatic rings. The van der Waals surface area contributed by atoms with E-state index in [0.717, 1.165) is 19.6 Å². The molecule has 0 heterocycles. The maximum Gasteiger partial charge on any atom is 0.0102 e. The summed E-state index contributed by atoms with van der Waals surface area (Å²) < 4.78 is 0. The van der Waals surface area contributed by atoms with Gasteiger partial charge in [0.1, 0.15) is 0 Å². The van der Waals surface area contributed by atoms with Crippen LogP contribution in [0.25, 0.3) is 0 Å². The number of hydrogen-bond donors (Lipinski definition) is 1. The van der Waals surface area contributed by atoms with Gasteiger partial charge in [0.05, 0.1) is 0 Å². The van der Waals surface area contributed by atoms with Crippen LogP contribution in [0.2, 0.25) is 0 Å². The van der Waals surface area contributed by atoms with E-state index in [1.54, 1.807) is 11.1 Å². The van der Waals surface area contributed by atoms with Gasteiger partial charge in [0.2, 0.25) is 0 Å². The Morgan fingerprint density at radius 3 is 3.00 bits per heavy atom. The topological polar surface area (TPSA) is 29.3 Å². The van der Waals surface area contributed by atoms with E-state index in [-0.39, 0.29) is 0 Å². The second-order valence-corrected chi connectivity index (χ2v) is 4.84. The highest BCUT2D eigenvalue weighted by Gasteiger charge is 2.20. The van der Waals surface area contributed by atoms with E-state index in [9.17, 15) is 0 Å². The van der Waals surface area contributed by atoms with Gasteiger partial charge in [0, 0.05) is 19.6 Å². The first-order valence-corrected chi connectivity index (χ1v) is 6.27. The molecular weight excluding hydrogens is 196 g/mol. The average molecular weight is 218 g/mol. The molecule has 1 aromatic carbocycles. The molecular formula is C14H22N2. The molecule has 2 heteroatoms. The lowest BCUT2D eigenvalue weighted by Crippen LogP contribution is -2.31. The summed E-state index contributed by atoms with van der Waals surface area (Å²) in [5.74, 6) is 0.710. The normalized spacial score (nSPS) is 19.8. The van der Waals surface area contributed by atoms with Gasteiger partial charge in [-0.2, -0.15) is 0 Å².